The molecule has 0 bridgehead atoms. The summed E-state index contributed by atoms with van der Waals surface area (Å²) in [4.78, 5) is 11.0. The average molecular weight is 260 g/mol. The van der Waals surface area contributed by atoms with Crippen molar-refractivity contribution in [1.82, 2.24) is 0 Å². The Bertz CT molecular complexity index is 641. The van der Waals surface area contributed by atoms with Crippen LogP contribution >= 0.6 is 0 Å². The van der Waals surface area contributed by atoms with Gasteiger partial charge in [-0.05, 0) is 36.8 Å². The lowest BCUT2D eigenvalue weighted by Gasteiger charge is -2.10. The van der Waals surface area contributed by atoms with Crippen LogP contribution in [-0.4, -0.2) is 11.1 Å². The molecule has 0 aliphatic heterocycles. The van der Waals surface area contributed by atoms with Crippen LogP contribution in [0, 0.1) is 12.7 Å². The second kappa shape index (κ2) is 4.97. The highest BCUT2D eigenvalue weighted by Crippen LogP contribution is 2.24. The molecule has 19 heavy (non-hydrogen) atoms. The molecule has 0 saturated heterocycles. The molecule has 4 nitrogen and oxygen atoms in total. The second-order valence-corrected chi connectivity index (χ2v) is 4.17. The number of carbonyl (C=O) groups is 1. The van der Waals surface area contributed by atoms with Gasteiger partial charge in [-0.2, -0.15) is 0 Å². The molecule has 2 rings (SSSR count). The Labute approximate surface area is 109 Å². The predicted molar refractivity (Wildman–Crippen MR) is 72.2 cm³/mol. The first-order valence-corrected chi connectivity index (χ1v) is 5.64. The van der Waals surface area contributed by atoms with Crippen molar-refractivity contribution < 1.29 is 14.3 Å². The van der Waals surface area contributed by atoms with Gasteiger partial charge in [0.1, 0.15) is 5.82 Å². The molecule has 0 atom stereocenters. The fourth-order valence-electron chi connectivity index (χ4n) is 1.72. The lowest BCUT2D eigenvalue weighted by molar-refractivity contribution is 0.0698. The molecule has 0 heterocycles. The van der Waals surface area contributed by atoms with E-state index < -0.39 is 5.97 Å². The number of aromatic carboxylic acids is 1. The first kappa shape index (κ1) is 12.9. The molecule has 0 saturated carbocycles. The van der Waals surface area contributed by atoms with Crippen molar-refractivity contribution in [3.8, 4) is 0 Å². The summed E-state index contributed by atoms with van der Waals surface area (Å²) in [5.41, 5.74) is 6.98. The fourth-order valence-corrected chi connectivity index (χ4v) is 1.72. The lowest BCUT2D eigenvalue weighted by Crippen LogP contribution is -2.04. The minimum absolute atomic E-state index is 0.0157. The summed E-state index contributed by atoms with van der Waals surface area (Å²) in [7, 11) is 0. The number of carboxylic acid groups (broad SMARTS) is 1. The zero-order chi connectivity index (χ0) is 14.0. The van der Waals surface area contributed by atoms with E-state index >= 15 is 0 Å². The number of nitrogens with one attached hydrogen (secondary N) is 1. The highest BCUT2D eigenvalue weighted by atomic mass is 19.1. The molecule has 0 radical (unpaired) electrons. The molecule has 5 heteroatoms. The van der Waals surface area contributed by atoms with E-state index in [1.165, 1.54) is 12.1 Å². The highest BCUT2D eigenvalue weighted by Gasteiger charge is 2.10. The van der Waals surface area contributed by atoms with Crippen LogP contribution in [-0.2, 0) is 0 Å². The number of nitrogen functional groups attached to an aromatic ring is 1. The number of hydrogen-bond acceptors (Lipinski definition) is 3. The third kappa shape index (κ3) is 2.65. The van der Waals surface area contributed by atoms with E-state index in [-0.39, 0.29) is 17.1 Å². The molecule has 4 N–H and O–H groups in total. The summed E-state index contributed by atoms with van der Waals surface area (Å²) in [6.07, 6.45) is 0. The van der Waals surface area contributed by atoms with Crippen LogP contribution in [0.3, 0.4) is 0 Å². The summed E-state index contributed by atoms with van der Waals surface area (Å²) < 4.78 is 13.8. The predicted octanol–water partition coefficient (Wildman–Crippen LogP) is 3.16. The Balaban J connectivity index is 2.36. The van der Waals surface area contributed by atoms with Gasteiger partial charge in [-0.3, -0.25) is 0 Å². The van der Waals surface area contributed by atoms with E-state index in [0.717, 1.165) is 0 Å². The van der Waals surface area contributed by atoms with E-state index in [9.17, 15) is 9.18 Å². The SMILES string of the molecule is Cc1cccc(Nc2ccc(N)c(C(=O)O)c2)c1F. The van der Waals surface area contributed by atoms with Gasteiger partial charge in [0.15, 0.2) is 0 Å². The molecule has 0 aromatic heterocycles. The van der Waals surface area contributed by atoms with Crippen molar-refractivity contribution >= 4 is 23.0 Å². The number of rotatable bonds is 3. The van der Waals surface area contributed by atoms with E-state index in [2.05, 4.69) is 5.32 Å². The zero-order valence-corrected chi connectivity index (χ0v) is 10.3. The van der Waals surface area contributed by atoms with Gasteiger partial charge >= 0.3 is 5.97 Å². The van der Waals surface area contributed by atoms with Gasteiger partial charge < -0.3 is 16.2 Å². The maximum atomic E-state index is 13.8. The molecule has 0 unspecified atom stereocenters. The zero-order valence-electron chi connectivity index (χ0n) is 10.3. The minimum Gasteiger partial charge on any atom is -0.478 e. The number of hydrogen-bond donors (Lipinski definition) is 3. The molecule has 0 fully saturated rings. The van der Waals surface area contributed by atoms with Gasteiger partial charge in [-0.15, -0.1) is 0 Å². The lowest BCUT2D eigenvalue weighted by atomic mass is 10.1. The van der Waals surface area contributed by atoms with Gasteiger partial charge in [0.2, 0.25) is 0 Å². The van der Waals surface area contributed by atoms with E-state index in [1.54, 1.807) is 31.2 Å². The second-order valence-electron chi connectivity index (χ2n) is 4.17. The van der Waals surface area contributed by atoms with Crippen LogP contribution in [0.15, 0.2) is 36.4 Å². The molecular formula is C14H13FN2O2. The largest absolute Gasteiger partial charge is 0.478 e. The number of nitrogens with two attached hydrogens (primary N) is 1. The molecule has 0 aliphatic carbocycles. The maximum absolute atomic E-state index is 13.8. The molecule has 98 valence electrons. The molecular weight excluding hydrogens is 247 g/mol. The van der Waals surface area contributed by atoms with Crippen molar-refractivity contribution in [2.75, 3.05) is 11.1 Å². The first-order chi connectivity index (χ1) is 8.99. The van der Waals surface area contributed by atoms with Gasteiger partial charge in [0.25, 0.3) is 0 Å². The number of benzene rings is 2. The Morgan fingerprint density at radius 1 is 1.32 bits per heavy atom. The van der Waals surface area contributed by atoms with Gasteiger partial charge in [-0.1, -0.05) is 12.1 Å². The number of anilines is 3. The van der Waals surface area contributed by atoms with Crippen LogP contribution in [0.5, 0.6) is 0 Å². The minimum atomic E-state index is -1.12. The average Bonchev–Trinajstić information content (AvgIpc) is 2.37. The van der Waals surface area contributed by atoms with Crippen LogP contribution in [0.25, 0.3) is 0 Å². The van der Waals surface area contributed by atoms with Gasteiger partial charge in [0, 0.05) is 11.4 Å². The normalized spacial score (nSPS) is 10.2. The van der Waals surface area contributed by atoms with Gasteiger partial charge in [-0.25, -0.2) is 9.18 Å². The number of aryl methyl sites for hydroxylation is 1. The van der Waals surface area contributed by atoms with E-state index in [0.29, 0.717) is 16.9 Å². The Morgan fingerprint density at radius 2 is 2.05 bits per heavy atom. The van der Waals surface area contributed by atoms with Crippen LogP contribution in [0.2, 0.25) is 0 Å². The maximum Gasteiger partial charge on any atom is 0.337 e. The van der Waals surface area contributed by atoms with Crippen LogP contribution in [0.4, 0.5) is 21.5 Å². The summed E-state index contributed by atoms with van der Waals surface area (Å²) in [6, 6.07) is 9.41. The monoisotopic (exact) mass is 260 g/mol. The van der Waals surface area contributed by atoms with Crippen molar-refractivity contribution in [2.45, 2.75) is 6.92 Å². The first-order valence-electron chi connectivity index (χ1n) is 5.64. The van der Waals surface area contributed by atoms with E-state index in [1.807, 2.05) is 0 Å². The standard InChI is InChI=1S/C14H13FN2O2/c1-8-3-2-4-12(13(8)15)17-9-5-6-11(16)10(7-9)14(18)19/h2-7,17H,16H2,1H3,(H,18,19). The summed E-state index contributed by atoms with van der Waals surface area (Å²) in [5, 5.41) is 11.8. The smallest absolute Gasteiger partial charge is 0.337 e. The highest BCUT2D eigenvalue weighted by molar-refractivity contribution is 5.95. The Morgan fingerprint density at radius 3 is 2.74 bits per heavy atom. The summed E-state index contributed by atoms with van der Waals surface area (Å²) >= 11 is 0. The van der Waals surface area contributed by atoms with Crippen LogP contribution < -0.4 is 11.1 Å². The number of halogens is 1. The molecule has 0 spiro atoms. The molecule has 2 aromatic carbocycles. The van der Waals surface area contributed by atoms with Crippen LogP contribution in [0.1, 0.15) is 15.9 Å². The van der Waals surface area contributed by atoms with Crippen molar-refractivity contribution in [1.29, 1.82) is 0 Å². The topological polar surface area (TPSA) is 75.3 Å². The quantitative estimate of drug-likeness (QED) is 0.741. The number of carboxylic acids is 1. The third-order valence-corrected chi connectivity index (χ3v) is 2.75. The van der Waals surface area contributed by atoms with Gasteiger partial charge in [0.05, 0.1) is 11.3 Å². The summed E-state index contributed by atoms with van der Waals surface area (Å²) in [5.74, 6) is -1.48. The van der Waals surface area contributed by atoms with Crippen molar-refractivity contribution in [3.63, 3.8) is 0 Å². The summed E-state index contributed by atoms with van der Waals surface area (Å²) in [6.45, 7) is 1.66. The fraction of sp³-hybridized carbons (Fsp3) is 0.0714. The van der Waals surface area contributed by atoms with Crippen molar-refractivity contribution in [3.05, 3.63) is 53.3 Å². The molecule has 2 aromatic rings. The molecule has 0 aliphatic rings. The Kier molecular flexibility index (Phi) is 3.37. The van der Waals surface area contributed by atoms with E-state index in [4.69, 9.17) is 10.8 Å². The van der Waals surface area contributed by atoms with Crippen molar-refractivity contribution in [2.24, 2.45) is 0 Å². The molecule has 0 amide bonds. The Hall–Kier alpha value is -2.56. The third-order valence-electron chi connectivity index (χ3n) is 2.75.